The van der Waals surface area contributed by atoms with Crippen LogP contribution in [0.25, 0.3) is 0 Å². The lowest BCUT2D eigenvalue weighted by Gasteiger charge is -2.40. The highest BCUT2D eigenvalue weighted by atomic mass is 35.5. The molecule has 9 heteroatoms. The number of methoxy groups -OCH3 is 1. The number of anilines is 2. The first-order valence-corrected chi connectivity index (χ1v) is 11.4. The minimum absolute atomic E-state index is 0. The number of ether oxygens (including phenoxy) is 1. The van der Waals surface area contributed by atoms with Crippen molar-refractivity contribution in [3.63, 3.8) is 0 Å². The van der Waals surface area contributed by atoms with Gasteiger partial charge in [-0.15, -0.1) is 36.2 Å². The van der Waals surface area contributed by atoms with Crippen LogP contribution in [-0.4, -0.2) is 60.5 Å². The van der Waals surface area contributed by atoms with Gasteiger partial charge in [-0.05, 0) is 44.2 Å². The molecule has 1 atom stereocenters. The quantitative estimate of drug-likeness (QED) is 0.523. The minimum Gasteiger partial charge on any atom is -0.496 e. The van der Waals surface area contributed by atoms with E-state index in [1.807, 2.05) is 24.3 Å². The third-order valence-electron chi connectivity index (χ3n) is 6.05. The predicted octanol–water partition coefficient (Wildman–Crippen LogP) is 5.30. The van der Waals surface area contributed by atoms with Crippen LogP contribution >= 0.6 is 36.2 Å². The molecule has 1 saturated heterocycles. The Morgan fingerprint density at radius 3 is 2.67 bits per heavy atom. The van der Waals surface area contributed by atoms with Crippen molar-refractivity contribution >= 4 is 58.4 Å². The zero-order valence-corrected chi connectivity index (χ0v) is 21.4. The van der Waals surface area contributed by atoms with Crippen molar-refractivity contribution in [3.8, 4) is 5.75 Å². The van der Waals surface area contributed by atoms with E-state index < -0.39 is 0 Å². The van der Waals surface area contributed by atoms with Crippen molar-refractivity contribution in [2.75, 3.05) is 39.1 Å². The number of hydrogen-bond acceptors (Lipinski definition) is 7. The second-order valence-corrected chi connectivity index (χ2v) is 9.29. The molecular weight excluding hydrogens is 477 g/mol. The molecular formula is C24H29Cl2N5OS. The SMILES string of the molecule is COc1ccccc1CC1CN(C2=Nc3ccccc3Nc3sc(C)nc32)CCN1C.Cl.Cl. The number of aromatic nitrogens is 1. The molecule has 1 N–H and O–H groups in total. The zero-order valence-electron chi connectivity index (χ0n) is 18.9. The van der Waals surface area contributed by atoms with Crippen LogP contribution in [0.2, 0.25) is 0 Å². The van der Waals surface area contributed by atoms with Crippen LogP contribution in [0.1, 0.15) is 16.3 Å². The van der Waals surface area contributed by atoms with Gasteiger partial charge in [0.1, 0.15) is 16.4 Å². The topological polar surface area (TPSA) is 53.0 Å². The Labute approximate surface area is 211 Å². The van der Waals surface area contributed by atoms with E-state index in [1.165, 1.54) is 5.56 Å². The molecule has 2 aromatic carbocycles. The third-order valence-corrected chi connectivity index (χ3v) is 6.94. The average Bonchev–Trinajstić information content (AvgIpc) is 3.07. The fourth-order valence-corrected chi connectivity index (χ4v) is 5.16. The van der Waals surface area contributed by atoms with Crippen LogP contribution in [0.15, 0.2) is 53.5 Å². The van der Waals surface area contributed by atoms with Gasteiger partial charge >= 0.3 is 0 Å². The van der Waals surface area contributed by atoms with E-state index in [1.54, 1.807) is 18.4 Å². The zero-order chi connectivity index (χ0) is 21.4. The number of nitrogens with one attached hydrogen (secondary N) is 1. The first kappa shape index (κ1) is 25.3. The first-order valence-electron chi connectivity index (χ1n) is 10.6. The number of likely N-dealkylation sites (N-methyl/N-ethyl adjacent to an activating group) is 1. The molecule has 2 aliphatic heterocycles. The van der Waals surface area contributed by atoms with Gasteiger partial charge in [0, 0.05) is 25.7 Å². The number of fused-ring (bicyclic) bond motifs is 2. The lowest BCUT2D eigenvalue weighted by molar-refractivity contribution is 0.140. The lowest BCUT2D eigenvalue weighted by atomic mass is 10.0. The molecule has 2 aliphatic rings. The highest BCUT2D eigenvalue weighted by molar-refractivity contribution is 7.16. The summed E-state index contributed by atoms with van der Waals surface area (Å²) in [5.74, 6) is 1.92. The van der Waals surface area contributed by atoms with Crippen molar-refractivity contribution in [1.29, 1.82) is 0 Å². The molecule has 0 amide bonds. The van der Waals surface area contributed by atoms with Crippen molar-refractivity contribution in [2.45, 2.75) is 19.4 Å². The first-order chi connectivity index (χ1) is 15.1. The molecule has 176 valence electrons. The van der Waals surface area contributed by atoms with Crippen LogP contribution in [0.4, 0.5) is 16.4 Å². The lowest BCUT2D eigenvalue weighted by Crippen LogP contribution is -2.54. The second kappa shape index (κ2) is 10.7. The number of piperazine rings is 1. The Kier molecular flexibility index (Phi) is 8.23. The summed E-state index contributed by atoms with van der Waals surface area (Å²) in [7, 11) is 3.95. The van der Waals surface area contributed by atoms with Crippen LogP contribution in [0.3, 0.4) is 0 Å². The summed E-state index contributed by atoms with van der Waals surface area (Å²) in [5.41, 5.74) is 4.19. The van der Waals surface area contributed by atoms with E-state index in [4.69, 9.17) is 14.7 Å². The summed E-state index contributed by atoms with van der Waals surface area (Å²) in [6, 6.07) is 16.9. The Balaban J connectivity index is 0.00000153. The van der Waals surface area contributed by atoms with E-state index in [2.05, 4.69) is 53.4 Å². The summed E-state index contributed by atoms with van der Waals surface area (Å²) in [5, 5.41) is 5.67. The van der Waals surface area contributed by atoms with Crippen molar-refractivity contribution in [1.82, 2.24) is 14.8 Å². The Hall–Kier alpha value is -2.32. The summed E-state index contributed by atoms with van der Waals surface area (Å²) in [6.45, 7) is 4.85. The van der Waals surface area contributed by atoms with Gasteiger partial charge in [0.05, 0.1) is 23.5 Å². The fourth-order valence-electron chi connectivity index (χ4n) is 4.33. The number of benzene rings is 2. The highest BCUT2D eigenvalue weighted by Crippen LogP contribution is 2.38. The van der Waals surface area contributed by atoms with Crippen molar-refractivity contribution in [2.24, 2.45) is 4.99 Å². The molecule has 1 aromatic heterocycles. The fraction of sp³-hybridized carbons (Fsp3) is 0.333. The predicted molar refractivity (Wildman–Crippen MR) is 142 cm³/mol. The molecule has 0 bridgehead atoms. The summed E-state index contributed by atoms with van der Waals surface area (Å²) < 4.78 is 5.60. The van der Waals surface area contributed by atoms with Crippen LogP contribution in [0, 0.1) is 6.92 Å². The number of hydrogen-bond donors (Lipinski definition) is 1. The number of thiazole rings is 1. The number of aryl methyl sites for hydroxylation is 1. The number of nitrogens with zero attached hydrogens (tertiary/aromatic N) is 4. The van der Waals surface area contributed by atoms with Crippen LogP contribution in [0.5, 0.6) is 5.75 Å². The monoisotopic (exact) mass is 505 g/mol. The molecule has 3 heterocycles. The molecule has 1 unspecified atom stereocenters. The van der Waals surface area contributed by atoms with Gasteiger partial charge in [-0.1, -0.05) is 30.3 Å². The smallest absolute Gasteiger partial charge is 0.158 e. The standard InChI is InChI=1S/C24H27N5OS.2ClH/c1-16-25-22-23(26-19-9-5-6-10-20(19)27-24(22)31-16)29-13-12-28(2)18(15-29)14-17-8-4-7-11-21(17)30-3;;/h4-11,18,27H,12-15H2,1-3H3;2*1H. The number of rotatable bonds is 3. The van der Waals surface area contributed by atoms with E-state index >= 15 is 0 Å². The maximum absolute atomic E-state index is 5.60. The molecule has 0 saturated carbocycles. The Morgan fingerprint density at radius 1 is 1.09 bits per heavy atom. The summed E-state index contributed by atoms with van der Waals surface area (Å²) >= 11 is 1.69. The number of para-hydroxylation sites is 3. The van der Waals surface area contributed by atoms with E-state index in [9.17, 15) is 0 Å². The molecule has 1 fully saturated rings. The van der Waals surface area contributed by atoms with E-state index in [0.29, 0.717) is 6.04 Å². The maximum Gasteiger partial charge on any atom is 0.158 e. The average molecular weight is 507 g/mol. The van der Waals surface area contributed by atoms with Crippen molar-refractivity contribution < 1.29 is 4.74 Å². The molecule has 0 radical (unpaired) electrons. The summed E-state index contributed by atoms with van der Waals surface area (Å²) in [6.07, 6.45) is 0.933. The van der Waals surface area contributed by atoms with Crippen molar-refractivity contribution in [3.05, 3.63) is 64.8 Å². The minimum atomic E-state index is 0. The van der Waals surface area contributed by atoms with Gasteiger partial charge in [0.15, 0.2) is 5.84 Å². The highest BCUT2D eigenvalue weighted by Gasteiger charge is 2.31. The van der Waals surface area contributed by atoms with Gasteiger partial charge in [-0.3, -0.25) is 4.90 Å². The van der Waals surface area contributed by atoms with Gasteiger partial charge in [-0.2, -0.15) is 0 Å². The maximum atomic E-state index is 5.60. The third kappa shape index (κ3) is 5.11. The Bertz CT molecular complexity index is 1140. The molecule has 0 spiro atoms. The van der Waals surface area contributed by atoms with Crippen LogP contribution < -0.4 is 10.1 Å². The van der Waals surface area contributed by atoms with Gasteiger partial charge < -0.3 is 15.0 Å². The van der Waals surface area contributed by atoms with Crippen LogP contribution in [-0.2, 0) is 6.42 Å². The number of aliphatic imine (C=N–C) groups is 1. The number of halogens is 2. The van der Waals surface area contributed by atoms with E-state index in [0.717, 1.165) is 64.7 Å². The Morgan fingerprint density at radius 2 is 1.85 bits per heavy atom. The van der Waals surface area contributed by atoms with Gasteiger partial charge in [-0.25, -0.2) is 9.98 Å². The second-order valence-electron chi connectivity index (χ2n) is 8.08. The molecule has 0 aliphatic carbocycles. The van der Waals surface area contributed by atoms with Gasteiger partial charge in [0.2, 0.25) is 0 Å². The summed E-state index contributed by atoms with van der Waals surface area (Å²) in [4.78, 5) is 14.8. The molecule has 5 rings (SSSR count). The molecule has 6 nitrogen and oxygen atoms in total. The molecule has 3 aromatic rings. The molecule has 33 heavy (non-hydrogen) atoms. The van der Waals surface area contributed by atoms with Gasteiger partial charge in [0.25, 0.3) is 0 Å². The normalized spacial score (nSPS) is 17.4. The number of amidine groups is 1. The van der Waals surface area contributed by atoms with E-state index in [-0.39, 0.29) is 24.8 Å². The largest absolute Gasteiger partial charge is 0.496 e.